The number of nitrogens with zero attached hydrogens (tertiary/aromatic N) is 2. The fraction of sp³-hybridized carbons (Fsp3) is 0.143. The second-order valence-electron chi connectivity index (χ2n) is 6.91. The zero-order valence-corrected chi connectivity index (χ0v) is 18.6. The molecular formula is C21H16F3N3O4S2. The minimum atomic E-state index is -5.58. The van der Waals surface area contributed by atoms with Gasteiger partial charge in [0.1, 0.15) is 5.75 Å². The SMILES string of the molecule is COc1ccc(S(=O)(=O)C(F)(F)F)cc1NC(=O)Cc1csc2nc(-c3ccccc3)cn12. The molecule has 0 bridgehead atoms. The van der Waals surface area contributed by atoms with Crippen LogP contribution in [0.1, 0.15) is 5.69 Å². The first-order chi connectivity index (χ1) is 15.6. The monoisotopic (exact) mass is 495 g/mol. The van der Waals surface area contributed by atoms with Crippen LogP contribution in [0.25, 0.3) is 16.2 Å². The largest absolute Gasteiger partial charge is 0.501 e. The predicted molar refractivity (Wildman–Crippen MR) is 117 cm³/mol. The number of ether oxygens (including phenoxy) is 1. The van der Waals surface area contributed by atoms with E-state index in [9.17, 15) is 26.4 Å². The minimum Gasteiger partial charge on any atom is -0.495 e. The Balaban J connectivity index is 1.59. The number of benzene rings is 2. The molecule has 1 amide bonds. The molecule has 1 N–H and O–H groups in total. The number of alkyl halides is 3. The molecule has 4 aromatic rings. The minimum absolute atomic E-state index is 0.0222. The van der Waals surface area contributed by atoms with Crippen LogP contribution in [-0.4, -0.2) is 36.3 Å². The highest BCUT2D eigenvalue weighted by Crippen LogP contribution is 2.35. The highest BCUT2D eigenvalue weighted by molar-refractivity contribution is 7.92. The molecule has 172 valence electrons. The van der Waals surface area contributed by atoms with Gasteiger partial charge in [-0.15, -0.1) is 11.3 Å². The van der Waals surface area contributed by atoms with E-state index < -0.39 is 26.1 Å². The molecule has 0 aliphatic heterocycles. The van der Waals surface area contributed by atoms with E-state index in [1.807, 2.05) is 30.3 Å². The third-order valence-corrected chi connectivity index (χ3v) is 7.13. The molecule has 2 aromatic carbocycles. The smallest absolute Gasteiger partial charge is 0.495 e. The Hall–Kier alpha value is -3.38. The predicted octanol–water partition coefficient (Wildman–Crippen LogP) is 4.55. The van der Waals surface area contributed by atoms with E-state index in [-0.39, 0.29) is 17.9 Å². The van der Waals surface area contributed by atoms with Gasteiger partial charge in [0.2, 0.25) is 5.91 Å². The average molecular weight is 496 g/mol. The quantitative estimate of drug-likeness (QED) is 0.424. The number of amides is 1. The van der Waals surface area contributed by atoms with E-state index >= 15 is 0 Å². The van der Waals surface area contributed by atoms with E-state index in [1.165, 1.54) is 18.4 Å². The topological polar surface area (TPSA) is 89.8 Å². The van der Waals surface area contributed by atoms with Gasteiger partial charge in [0, 0.05) is 22.8 Å². The molecule has 0 saturated heterocycles. The molecule has 0 saturated carbocycles. The molecule has 2 heterocycles. The average Bonchev–Trinajstić information content (AvgIpc) is 3.35. The number of nitrogens with one attached hydrogen (secondary N) is 1. The normalized spacial score (nSPS) is 12.1. The number of thiazole rings is 1. The Morgan fingerprint density at radius 1 is 1.18 bits per heavy atom. The van der Waals surface area contributed by atoms with Crippen molar-refractivity contribution in [3.05, 3.63) is 65.8 Å². The molecule has 12 heteroatoms. The number of hydrogen-bond donors (Lipinski definition) is 1. The van der Waals surface area contributed by atoms with Gasteiger partial charge in [-0.2, -0.15) is 13.2 Å². The highest BCUT2D eigenvalue weighted by Gasteiger charge is 2.47. The summed E-state index contributed by atoms with van der Waals surface area (Å²) in [4.78, 5) is 16.9. The molecule has 0 atom stereocenters. The summed E-state index contributed by atoms with van der Waals surface area (Å²) in [6, 6.07) is 12.0. The number of carbonyl (C=O) groups is 1. The number of aromatic nitrogens is 2. The van der Waals surface area contributed by atoms with Crippen molar-refractivity contribution in [2.75, 3.05) is 12.4 Å². The van der Waals surface area contributed by atoms with Crippen LogP contribution in [0, 0.1) is 0 Å². The lowest BCUT2D eigenvalue weighted by Crippen LogP contribution is -2.23. The van der Waals surface area contributed by atoms with Gasteiger partial charge < -0.3 is 10.1 Å². The molecule has 0 aliphatic carbocycles. The summed E-state index contributed by atoms with van der Waals surface area (Å²) in [5.74, 6) is -0.543. The first-order valence-corrected chi connectivity index (χ1v) is 11.8. The number of sulfone groups is 1. The van der Waals surface area contributed by atoms with Gasteiger partial charge in [-0.05, 0) is 18.2 Å². The van der Waals surface area contributed by atoms with Crippen LogP contribution in [0.3, 0.4) is 0 Å². The molecule has 0 spiro atoms. The van der Waals surface area contributed by atoms with E-state index in [4.69, 9.17) is 4.74 Å². The Kier molecular flexibility index (Phi) is 5.89. The Morgan fingerprint density at radius 2 is 1.91 bits per heavy atom. The number of anilines is 1. The van der Waals surface area contributed by atoms with E-state index in [0.29, 0.717) is 10.7 Å². The maximum Gasteiger partial charge on any atom is 0.501 e. The molecule has 33 heavy (non-hydrogen) atoms. The fourth-order valence-electron chi connectivity index (χ4n) is 3.15. The van der Waals surface area contributed by atoms with E-state index in [1.54, 1.807) is 16.0 Å². The third kappa shape index (κ3) is 4.44. The molecule has 4 rings (SSSR count). The number of hydrogen-bond acceptors (Lipinski definition) is 6. The van der Waals surface area contributed by atoms with Crippen molar-refractivity contribution in [3.63, 3.8) is 0 Å². The molecule has 0 aliphatic rings. The number of halogens is 3. The molecular weight excluding hydrogens is 479 g/mol. The van der Waals surface area contributed by atoms with Crippen LogP contribution < -0.4 is 10.1 Å². The van der Waals surface area contributed by atoms with Crippen molar-refractivity contribution in [1.82, 2.24) is 9.38 Å². The summed E-state index contributed by atoms with van der Waals surface area (Å²) in [7, 11) is -4.33. The lowest BCUT2D eigenvalue weighted by atomic mass is 10.2. The van der Waals surface area contributed by atoms with Crippen molar-refractivity contribution in [3.8, 4) is 17.0 Å². The van der Waals surface area contributed by atoms with Crippen molar-refractivity contribution in [2.24, 2.45) is 0 Å². The summed E-state index contributed by atoms with van der Waals surface area (Å²) < 4.78 is 69.0. The van der Waals surface area contributed by atoms with Crippen LogP contribution in [0.2, 0.25) is 0 Å². The first kappa shape index (κ1) is 22.8. The Labute approximate surface area is 190 Å². The van der Waals surface area contributed by atoms with Crippen LogP contribution in [0.15, 0.2) is 65.0 Å². The van der Waals surface area contributed by atoms with Gasteiger partial charge in [0.25, 0.3) is 9.84 Å². The number of imidazole rings is 1. The van der Waals surface area contributed by atoms with E-state index in [2.05, 4.69) is 10.3 Å². The van der Waals surface area contributed by atoms with Gasteiger partial charge >= 0.3 is 5.51 Å². The zero-order chi connectivity index (χ0) is 23.8. The van der Waals surface area contributed by atoms with Crippen molar-refractivity contribution >= 4 is 37.7 Å². The van der Waals surface area contributed by atoms with Crippen LogP contribution >= 0.6 is 11.3 Å². The summed E-state index contributed by atoms with van der Waals surface area (Å²) in [6.45, 7) is 0. The lowest BCUT2D eigenvalue weighted by molar-refractivity contribution is -0.115. The second-order valence-corrected chi connectivity index (χ2v) is 9.69. The molecule has 0 radical (unpaired) electrons. The number of fused-ring (bicyclic) bond motifs is 1. The second kappa shape index (κ2) is 8.52. The van der Waals surface area contributed by atoms with Gasteiger partial charge in [-0.25, -0.2) is 13.4 Å². The maximum atomic E-state index is 12.9. The van der Waals surface area contributed by atoms with Crippen LogP contribution in [0.4, 0.5) is 18.9 Å². The molecule has 0 unspecified atom stereocenters. The highest BCUT2D eigenvalue weighted by atomic mass is 32.2. The standard InChI is InChI=1S/C21H16F3N3O4S2/c1-31-18-8-7-15(33(29,30)21(22,23)24)10-16(18)25-19(28)9-14-12-32-20-26-17(11-27(14)20)13-5-3-2-4-6-13/h2-8,10-12H,9H2,1H3,(H,25,28). The van der Waals surface area contributed by atoms with Gasteiger partial charge in [-0.1, -0.05) is 30.3 Å². The molecule has 7 nitrogen and oxygen atoms in total. The van der Waals surface area contributed by atoms with Crippen molar-refractivity contribution < 1.29 is 31.1 Å². The molecule has 0 fully saturated rings. The number of rotatable bonds is 6. The fourth-order valence-corrected chi connectivity index (χ4v) is 4.81. The van der Waals surface area contributed by atoms with Gasteiger partial charge in [0.05, 0.1) is 29.8 Å². The number of methoxy groups -OCH3 is 1. The van der Waals surface area contributed by atoms with Gasteiger partial charge in [0.15, 0.2) is 4.96 Å². The van der Waals surface area contributed by atoms with E-state index in [0.717, 1.165) is 29.5 Å². The summed E-state index contributed by atoms with van der Waals surface area (Å²) in [6.07, 6.45) is 1.67. The Bertz CT molecular complexity index is 1430. The first-order valence-electron chi connectivity index (χ1n) is 9.40. The summed E-state index contributed by atoms with van der Waals surface area (Å²) in [5, 5.41) is 4.19. The maximum absolute atomic E-state index is 12.9. The zero-order valence-electron chi connectivity index (χ0n) is 17.0. The number of carbonyl (C=O) groups excluding carboxylic acids is 1. The van der Waals surface area contributed by atoms with Crippen molar-refractivity contribution in [2.45, 2.75) is 16.8 Å². The van der Waals surface area contributed by atoms with Gasteiger partial charge in [-0.3, -0.25) is 9.20 Å². The van der Waals surface area contributed by atoms with Crippen molar-refractivity contribution in [1.29, 1.82) is 0 Å². The summed E-state index contributed by atoms with van der Waals surface area (Å²) >= 11 is 1.34. The van der Waals surface area contributed by atoms with Crippen LogP contribution in [0.5, 0.6) is 5.75 Å². The van der Waals surface area contributed by atoms with Crippen LogP contribution in [-0.2, 0) is 21.1 Å². The Morgan fingerprint density at radius 3 is 2.58 bits per heavy atom. The lowest BCUT2D eigenvalue weighted by Gasteiger charge is -2.13. The third-order valence-electron chi connectivity index (χ3n) is 4.75. The summed E-state index contributed by atoms with van der Waals surface area (Å²) in [5.41, 5.74) is -3.40. The molecule has 2 aromatic heterocycles.